The third kappa shape index (κ3) is 2.04. The van der Waals surface area contributed by atoms with Crippen LogP contribution in [-0.2, 0) is 0 Å². The monoisotopic (exact) mass is 278 g/mol. The molecule has 1 nitrogen and oxygen atoms in total. The molecule has 2 atom stereocenters. The Labute approximate surface area is 82.7 Å². The van der Waals surface area contributed by atoms with Crippen molar-refractivity contribution in [1.29, 1.82) is 0 Å². The van der Waals surface area contributed by atoms with Crippen molar-refractivity contribution in [3.63, 3.8) is 0 Å². The third-order valence-electron chi connectivity index (χ3n) is 1.49. The molecule has 3 heteroatoms. The van der Waals surface area contributed by atoms with Crippen LogP contribution in [0.3, 0.4) is 0 Å². The van der Waals surface area contributed by atoms with Crippen LogP contribution < -0.4 is 0 Å². The third-order valence-corrected chi connectivity index (χ3v) is 3.58. The second-order valence-electron chi connectivity index (χ2n) is 2.36. The lowest BCUT2D eigenvalue weighted by molar-refractivity contribution is 0.239. The Hall–Kier alpha value is 0.140. The van der Waals surface area contributed by atoms with Crippen LogP contribution in [0.4, 0.5) is 0 Å². The summed E-state index contributed by atoms with van der Waals surface area (Å²) in [6.45, 7) is 3.65. The maximum absolute atomic E-state index is 9.54. The van der Waals surface area contributed by atoms with Crippen LogP contribution in [0.15, 0.2) is 35.4 Å². The van der Waals surface area contributed by atoms with Crippen LogP contribution in [0.2, 0.25) is 0 Å². The summed E-state index contributed by atoms with van der Waals surface area (Å²) >= 11 is 6.39. The molecule has 0 aliphatic heterocycles. The molecule has 11 heavy (non-hydrogen) atoms. The minimum absolute atomic E-state index is 0.210. The van der Waals surface area contributed by atoms with Crippen molar-refractivity contribution in [1.82, 2.24) is 0 Å². The van der Waals surface area contributed by atoms with Crippen LogP contribution in [0, 0.1) is 5.92 Å². The second-order valence-corrected chi connectivity index (χ2v) is 4.42. The van der Waals surface area contributed by atoms with Crippen LogP contribution in [0.5, 0.6) is 0 Å². The largest absolute Gasteiger partial charge is 0.371 e. The fraction of sp³-hybridized carbons (Fsp3) is 0.250. The van der Waals surface area contributed by atoms with E-state index < -0.39 is 4.51 Å². The van der Waals surface area contributed by atoms with E-state index in [0.29, 0.717) is 0 Å². The van der Waals surface area contributed by atoms with Gasteiger partial charge in [0.05, 0.1) is 0 Å². The summed E-state index contributed by atoms with van der Waals surface area (Å²) < 4.78 is -0.302. The summed E-state index contributed by atoms with van der Waals surface area (Å²) in [4.78, 5) is 0. The SMILES string of the molecule is C=CC1C=CC(O)(Br)C(Br)=C1. The summed E-state index contributed by atoms with van der Waals surface area (Å²) in [6, 6.07) is 0. The van der Waals surface area contributed by atoms with Gasteiger partial charge >= 0.3 is 0 Å². The van der Waals surface area contributed by atoms with E-state index in [1.165, 1.54) is 0 Å². The lowest BCUT2D eigenvalue weighted by Gasteiger charge is -2.21. The minimum Gasteiger partial charge on any atom is -0.371 e. The van der Waals surface area contributed by atoms with Crippen LogP contribution in [0.25, 0.3) is 0 Å². The molecule has 0 saturated heterocycles. The first-order chi connectivity index (χ1) is 5.06. The zero-order chi connectivity index (χ0) is 8.48. The van der Waals surface area contributed by atoms with Gasteiger partial charge in [0.25, 0.3) is 0 Å². The standard InChI is InChI=1S/C8H8Br2O/c1-2-6-3-4-8(10,11)7(9)5-6/h2-6,11H,1H2. The number of hydrogen-bond donors (Lipinski definition) is 1. The van der Waals surface area contributed by atoms with Crippen molar-refractivity contribution >= 4 is 31.9 Å². The molecular formula is C8H8Br2O. The first kappa shape index (κ1) is 9.23. The minimum atomic E-state index is -1.02. The van der Waals surface area contributed by atoms with Crippen molar-refractivity contribution in [2.75, 3.05) is 0 Å². The van der Waals surface area contributed by atoms with E-state index in [1.54, 1.807) is 12.2 Å². The van der Waals surface area contributed by atoms with Crippen LogP contribution >= 0.6 is 31.9 Å². The van der Waals surface area contributed by atoms with E-state index in [1.807, 2.05) is 12.2 Å². The molecule has 0 aromatic rings. The summed E-state index contributed by atoms with van der Waals surface area (Å²) in [5, 5.41) is 9.54. The fourth-order valence-corrected chi connectivity index (χ4v) is 1.53. The van der Waals surface area contributed by atoms with Gasteiger partial charge in [-0.2, -0.15) is 0 Å². The van der Waals surface area contributed by atoms with E-state index in [-0.39, 0.29) is 5.92 Å². The van der Waals surface area contributed by atoms with Gasteiger partial charge in [0.2, 0.25) is 0 Å². The number of hydrogen-bond acceptors (Lipinski definition) is 1. The van der Waals surface area contributed by atoms with Gasteiger partial charge in [-0.1, -0.05) is 34.2 Å². The highest BCUT2D eigenvalue weighted by molar-refractivity contribution is 9.14. The molecule has 0 aromatic heterocycles. The lowest BCUT2D eigenvalue weighted by Crippen LogP contribution is -2.20. The molecule has 0 heterocycles. The van der Waals surface area contributed by atoms with Crippen molar-refractivity contribution in [3.8, 4) is 0 Å². The van der Waals surface area contributed by atoms with Crippen molar-refractivity contribution in [2.24, 2.45) is 5.92 Å². The fourth-order valence-electron chi connectivity index (χ4n) is 0.806. The molecule has 1 rings (SSSR count). The smallest absolute Gasteiger partial charge is 0.169 e. The lowest BCUT2D eigenvalue weighted by atomic mass is 10.0. The van der Waals surface area contributed by atoms with Gasteiger partial charge in [0.15, 0.2) is 4.51 Å². The zero-order valence-corrected chi connectivity index (χ0v) is 8.97. The average Bonchev–Trinajstić information content (AvgIpc) is 1.95. The van der Waals surface area contributed by atoms with Gasteiger partial charge in [-0.25, -0.2) is 0 Å². The van der Waals surface area contributed by atoms with E-state index >= 15 is 0 Å². The Kier molecular flexibility index (Phi) is 2.73. The Morgan fingerprint density at radius 3 is 2.82 bits per heavy atom. The molecule has 0 saturated carbocycles. The first-order valence-electron chi connectivity index (χ1n) is 3.17. The second kappa shape index (κ2) is 3.25. The molecule has 0 bridgehead atoms. The molecule has 0 amide bonds. The molecule has 0 aromatic carbocycles. The maximum Gasteiger partial charge on any atom is 0.169 e. The quantitative estimate of drug-likeness (QED) is 0.578. The predicted molar refractivity (Wildman–Crippen MR) is 53.7 cm³/mol. The molecule has 2 unspecified atom stereocenters. The Bertz CT molecular complexity index is 228. The molecule has 60 valence electrons. The van der Waals surface area contributed by atoms with E-state index in [4.69, 9.17) is 0 Å². The predicted octanol–water partition coefficient (Wildman–Crippen LogP) is 2.72. The average molecular weight is 280 g/mol. The molecule has 1 aliphatic rings. The van der Waals surface area contributed by atoms with E-state index in [9.17, 15) is 5.11 Å². The number of allylic oxidation sites excluding steroid dienone is 3. The highest BCUT2D eigenvalue weighted by Gasteiger charge is 2.26. The number of aliphatic hydroxyl groups is 1. The summed E-state index contributed by atoms with van der Waals surface area (Å²) in [7, 11) is 0. The molecule has 1 aliphatic carbocycles. The van der Waals surface area contributed by atoms with Crippen molar-refractivity contribution in [2.45, 2.75) is 4.51 Å². The molecule has 0 fully saturated rings. The highest BCUT2D eigenvalue weighted by Crippen LogP contribution is 2.35. The molecular weight excluding hydrogens is 272 g/mol. The van der Waals surface area contributed by atoms with E-state index in [2.05, 4.69) is 38.4 Å². The van der Waals surface area contributed by atoms with Gasteiger partial charge in [-0.3, -0.25) is 0 Å². The van der Waals surface area contributed by atoms with Crippen molar-refractivity contribution in [3.05, 3.63) is 35.4 Å². The van der Waals surface area contributed by atoms with Gasteiger partial charge in [0.1, 0.15) is 0 Å². The molecule has 0 spiro atoms. The summed E-state index contributed by atoms with van der Waals surface area (Å²) in [5.74, 6) is 0.210. The Morgan fingerprint density at radius 2 is 2.36 bits per heavy atom. The normalized spacial score (nSPS) is 36.6. The van der Waals surface area contributed by atoms with Crippen LogP contribution in [0.1, 0.15) is 0 Å². The van der Waals surface area contributed by atoms with Gasteiger partial charge < -0.3 is 5.11 Å². The Morgan fingerprint density at radius 1 is 1.73 bits per heavy atom. The summed E-state index contributed by atoms with van der Waals surface area (Å²) in [5.41, 5.74) is 0. The summed E-state index contributed by atoms with van der Waals surface area (Å²) in [6.07, 6.45) is 7.26. The topological polar surface area (TPSA) is 20.2 Å². The highest BCUT2D eigenvalue weighted by atomic mass is 79.9. The zero-order valence-electron chi connectivity index (χ0n) is 5.80. The van der Waals surface area contributed by atoms with Gasteiger partial charge in [0, 0.05) is 10.4 Å². The number of halogens is 2. The van der Waals surface area contributed by atoms with Crippen LogP contribution in [-0.4, -0.2) is 9.62 Å². The van der Waals surface area contributed by atoms with E-state index in [0.717, 1.165) is 4.48 Å². The number of alkyl halides is 1. The van der Waals surface area contributed by atoms with Crippen molar-refractivity contribution < 1.29 is 5.11 Å². The number of rotatable bonds is 1. The molecule has 1 N–H and O–H groups in total. The van der Waals surface area contributed by atoms with Gasteiger partial charge in [-0.05, 0) is 22.0 Å². The Balaban J connectivity index is 2.88. The van der Waals surface area contributed by atoms with Gasteiger partial charge in [-0.15, -0.1) is 6.58 Å². The molecule has 0 radical (unpaired) electrons. The first-order valence-corrected chi connectivity index (χ1v) is 4.76. The maximum atomic E-state index is 9.54.